The average molecular weight is 659 g/mol. The number of aliphatic imine (C=N–C) groups is 2. The number of nitrogens with two attached hydrogens (primary N) is 4. The number of hydrogen-bond donors (Lipinski definition) is 8. The van der Waals surface area contributed by atoms with E-state index in [1.807, 2.05) is 6.07 Å². The molecule has 2 atom stereocenters. The van der Waals surface area contributed by atoms with Gasteiger partial charge in [0, 0.05) is 19.6 Å². The number of carbonyl (C=O) groups is 4. The number of nitrogens with one attached hydrogen (secondary N) is 4. The topological polar surface area (TPSA) is 279 Å². The van der Waals surface area contributed by atoms with E-state index in [4.69, 9.17) is 22.9 Å². The Labute approximate surface area is 267 Å². The number of nitrogens with zero attached hydrogens (tertiary/aromatic N) is 2. The van der Waals surface area contributed by atoms with Gasteiger partial charge in [-0.2, -0.15) is 0 Å². The zero-order chi connectivity index (χ0) is 34.0. The largest absolute Gasteiger partial charge is 0.370 e. The molecule has 0 saturated heterocycles. The summed E-state index contributed by atoms with van der Waals surface area (Å²) in [6.45, 7) is -0.216. The third-order valence-corrected chi connectivity index (χ3v) is 7.68. The molecule has 0 fully saturated rings. The van der Waals surface area contributed by atoms with E-state index in [1.165, 1.54) is 0 Å². The van der Waals surface area contributed by atoms with Gasteiger partial charge in [0.15, 0.2) is 11.9 Å². The summed E-state index contributed by atoms with van der Waals surface area (Å²) in [5, 5.41) is 7.39. The fourth-order valence-corrected chi connectivity index (χ4v) is 5.50. The summed E-state index contributed by atoms with van der Waals surface area (Å²) in [6.07, 6.45) is 0.557. The Morgan fingerprint density at radius 2 is 1.24 bits per heavy atom. The van der Waals surface area contributed by atoms with Gasteiger partial charge < -0.3 is 38.9 Å². The van der Waals surface area contributed by atoms with Crippen LogP contribution in [0.4, 0.5) is 0 Å². The van der Waals surface area contributed by atoms with Crippen LogP contribution >= 0.6 is 0 Å². The van der Waals surface area contributed by atoms with Crippen LogP contribution in [-0.4, -0.2) is 75.6 Å². The average Bonchev–Trinajstić information content (AvgIpc) is 3.01. The molecule has 0 radical (unpaired) electrons. The summed E-state index contributed by atoms with van der Waals surface area (Å²) >= 11 is 0. The lowest BCUT2D eigenvalue weighted by molar-refractivity contribution is -0.140. The number of guanidine groups is 2. The lowest BCUT2D eigenvalue weighted by Crippen LogP contribution is -2.52. The van der Waals surface area contributed by atoms with E-state index in [0.29, 0.717) is 5.56 Å². The van der Waals surface area contributed by atoms with Crippen molar-refractivity contribution in [3.8, 4) is 0 Å². The minimum Gasteiger partial charge on any atom is -0.370 e. The summed E-state index contributed by atoms with van der Waals surface area (Å²) in [5.41, 5.74) is 22.6. The highest BCUT2D eigenvalue weighted by Gasteiger charge is 2.28. The highest BCUT2D eigenvalue weighted by Crippen LogP contribution is 2.08. The van der Waals surface area contributed by atoms with Crippen molar-refractivity contribution in [2.24, 2.45) is 32.9 Å². The predicted molar refractivity (Wildman–Crippen MR) is 174 cm³/mol. The maximum atomic E-state index is 13.1. The van der Waals surface area contributed by atoms with Crippen molar-refractivity contribution < 1.29 is 27.6 Å². The second-order valence-electron chi connectivity index (χ2n) is 10.2. The number of benzene rings is 2. The third kappa shape index (κ3) is 15.1. The van der Waals surface area contributed by atoms with Gasteiger partial charge in [-0.25, -0.2) is 13.1 Å². The Balaban J connectivity index is 2.05. The standard InChI is InChI=1S/C29H42N10O6S/c30-28(31)34-15-7-13-22(25(41)27(43)36-17-20-9-3-1-4-10-20)38-24(40)18-37-26(42)23(14-8-16-35-29(32)33)39-46(44,45)19-21-11-5-2-6-12-21/h1-6,9-12,22-23,39H,7-8,13-19H2,(H,36,43)(H,37,42)(H,38,40)(H4,30,31,34)(H4,32,33,35)/t22-,23+/m0/s1. The lowest BCUT2D eigenvalue weighted by atomic mass is 10.1. The number of ketones is 1. The zero-order valence-corrected chi connectivity index (χ0v) is 26.2. The zero-order valence-electron chi connectivity index (χ0n) is 25.4. The van der Waals surface area contributed by atoms with Crippen LogP contribution in [0.3, 0.4) is 0 Å². The molecule has 0 spiro atoms. The molecule has 0 bridgehead atoms. The molecule has 2 rings (SSSR count). The Kier molecular flexibility index (Phi) is 15.7. The van der Waals surface area contributed by atoms with Gasteiger partial charge in [0.25, 0.3) is 5.91 Å². The number of rotatable bonds is 20. The van der Waals surface area contributed by atoms with Crippen LogP contribution in [0.2, 0.25) is 0 Å². The first-order valence-corrected chi connectivity index (χ1v) is 16.1. The minimum absolute atomic E-state index is 0.0196. The molecule has 0 saturated carbocycles. The molecule has 0 aliphatic heterocycles. The first-order chi connectivity index (χ1) is 21.9. The summed E-state index contributed by atoms with van der Waals surface area (Å²) in [4.78, 5) is 59.2. The lowest BCUT2D eigenvalue weighted by Gasteiger charge is -2.20. The van der Waals surface area contributed by atoms with Crippen LogP contribution in [0.15, 0.2) is 70.6 Å². The van der Waals surface area contributed by atoms with Crippen LogP contribution in [0.25, 0.3) is 0 Å². The Morgan fingerprint density at radius 3 is 1.78 bits per heavy atom. The molecular weight excluding hydrogens is 616 g/mol. The van der Waals surface area contributed by atoms with E-state index in [9.17, 15) is 27.6 Å². The molecule has 17 heteroatoms. The summed E-state index contributed by atoms with van der Waals surface area (Å²) in [7, 11) is -3.97. The highest BCUT2D eigenvalue weighted by atomic mass is 32.2. The molecule has 0 aliphatic carbocycles. The molecule has 250 valence electrons. The fourth-order valence-electron chi connectivity index (χ4n) is 4.13. The molecule has 46 heavy (non-hydrogen) atoms. The van der Waals surface area contributed by atoms with E-state index in [-0.39, 0.29) is 63.0 Å². The molecule has 0 aromatic heterocycles. The summed E-state index contributed by atoms with van der Waals surface area (Å²) in [6, 6.07) is 14.8. The Bertz CT molecular complexity index is 1460. The van der Waals surface area contributed by atoms with Gasteiger partial charge in [0.1, 0.15) is 6.04 Å². The van der Waals surface area contributed by atoms with Crippen molar-refractivity contribution in [2.75, 3.05) is 19.6 Å². The molecule has 0 heterocycles. The van der Waals surface area contributed by atoms with E-state index in [2.05, 4.69) is 30.7 Å². The number of amides is 3. The fraction of sp³-hybridized carbons (Fsp3) is 0.379. The molecule has 2 aromatic carbocycles. The van der Waals surface area contributed by atoms with Crippen molar-refractivity contribution in [3.05, 3.63) is 71.8 Å². The maximum absolute atomic E-state index is 13.1. The predicted octanol–water partition coefficient (Wildman–Crippen LogP) is -1.93. The first-order valence-electron chi connectivity index (χ1n) is 14.4. The van der Waals surface area contributed by atoms with E-state index < -0.39 is 52.2 Å². The van der Waals surface area contributed by atoms with E-state index >= 15 is 0 Å². The maximum Gasteiger partial charge on any atom is 0.289 e. The van der Waals surface area contributed by atoms with Gasteiger partial charge >= 0.3 is 0 Å². The third-order valence-electron chi connectivity index (χ3n) is 6.32. The van der Waals surface area contributed by atoms with Gasteiger partial charge in [0.05, 0.1) is 18.3 Å². The summed E-state index contributed by atoms with van der Waals surface area (Å²) < 4.78 is 28.1. The van der Waals surface area contributed by atoms with Crippen molar-refractivity contribution >= 4 is 45.4 Å². The quantitative estimate of drug-likeness (QED) is 0.0337. The van der Waals surface area contributed by atoms with Crippen molar-refractivity contribution in [1.29, 1.82) is 0 Å². The van der Waals surface area contributed by atoms with Crippen LogP contribution in [0.5, 0.6) is 0 Å². The number of Topliss-reactive ketones (excluding diaryl/α,β-unsaturated/α-hetero) is 1. The Morgan fingerprint density at radius 1 is 0.717 bits per heavy atom. The van der Waals surface area contributed by atoms with Gasteiger partial charge in [0.2, 0.25) is 27.6 Å². The van der Waals surface area contributed by atoms with Gasteiger partial charge in [-0.05, 0) is 36.8 Å². The van der Waals surface area contributed by atoms with E-state index in [0.717, 1.165) is 5.56 Å². The second kappa shape index (κ2) is 19.4. The van der Waals surface area contributed by atoms with Gasteiger partial charge in [-0.1, -0.05) is 60.7 Å². The van der Waals surface area contributed by atoms with Crippen LogP contribution in [-0.2, 0) is 41.5 Å². The molecule has 3 amide bonds. The molecule has 0 aliphatic rings. The highest BCUT2D eigenvalue weighted by molar-refractivity contribution is 7.88. The molecule has 16 nitrogen and oxygen atoms in total. The van der Waals surface area contributed by atoms with Crippen molar-refractivity contribution in [1.82, 2.24) is 20.7 Å². The van der Waals surface area contributed by atoms with Crippen LogP contribution in [0, 0.1) is 0 Å². The number of hydrogen-bond acceptors (Lipinski definition) is 8. The molecule has 0 unspecified atom stereocenters. The normalized spacial score (nSPS) is 12.2. The molecule has 12 N–H and O–H groups in total. The molecular formula is C29H42N10O6S. The minimum atomic E-state index is -3.97. The van der Waals surface area contributed by atoms with Crippen molar-refractivity contribution in [3.63, 3.8) is 0 Å². The van der Waals surface area contributed by atoms with Gasteiger partial charge in [-0.3, -0.25) is 29.2 Å². The summed E-state index contributed by atoms with van der Waals surface area (Å²) in [5.74, 6) is -4.05. The first kappa shape index (κ1) is 37.2. The molecule has 2 aromatic rings. The second-order valence-corrected chi connectivity index (χ2v) is 11.9. The van der Waals surface area contributed by atoms with E-state index in [1.54, 1.807) is 54.6 Å². The smallest absolute Gasteiger partial charge is 0.289 e. The number of sulfonamides is 1. The van der Waals surface area contributed by atoms with Crippen LogP contribution < -0.4 is 43.6 Å². The number of carbonyl (C=O) groups excluding carboxylic acids is 4. The Hall–Kier alpha value is -5.03. The van der Waals surface area contributed by atoms with Crippen molar-refractivity contribution in [2.45, 2.75) is 50.1 Å². The SMILES string of the molecule is NC(N)=NCCC[C@H](NC(=O)CNC(=O)[C@@H](CCCN=C(N)N)NS(=O)(=O)Cc1ccccc1)C(=O)C(=O)NCc1ccccc1. The van der Waals surface area contributed by atoms with Crippen LogP contribution in [0.1, 0.15) is 36.8 Å². The van der Waals surface area contributed by atoms with Gasteiger partial charge in [-0.15, -0.1) is 0 Å². The monoisotopic (exact) mass is 658 g/mol.